The topological polar surface area (TPSA) is 9.23 Å². The third-order valence-electron chi connectivity index (χ3n) is 1.93. The summed E-state index contributed by atoms with van der Waals surface area (Å²) in [6, 6.07) is 0. The highest BCUT2D eigenvalue weighted by Crippen LogP contribution is 2.21. The van der Waals surface area contributed by atoms with E-state index in [9.17, 15) is 0 Å². The zero-order chi connectivity index (χ0) is 6.74. The van der Waals surface area contributed by atoms with Gasteiger partial charge in [0.1, 0.15) is 0 Å². The summed E-state index contributed by atoms with van der Waals surface area (Å²) in [5.74, 6) is 0. The van der Waals surface area contributed by atoms with Crippen molar-refractivity contribution in [2.24, 2.45) is 0 Å². The van der Waals surface area contributed by atoms with E-state index in [1.807, 2.05) is 6.08 Å². The van der Waals surface area contributed by atoms with Gasteiger partial charge in [-0.15, -0.1) is 6.58 Å². The van der Waals surface area contributed by atoms with Gasteiger partial charge in [-0.05, 0) is 19.3 Å². The minimum Gasteiger partial charge on any atom is -0.376 e. The molecule has 1 saturated heterocycles. The zero-order valence-corrected chi connectivity index (χ0v) is 8.02. The molecule has 1 nitrogen and oxygen atoms in total. The molecule has 9 heavy (non-hydrogen) atoms. The van der Waals surface area contributed by atoms with E-state index in [0.29, 0.717) is 0 Å². The Balaban J connectivity index is 0.000000810. The fourth-order valence-corrected chi connectivity index (χ4v) is 1.67. The Morgan fingerprint density at radius 3 is 2.78 bits per heavy atom. The van der Waals surface area contributed by atoms with Crippen LogP contribution in [0.4, 0.5) is 0 Å². The summed E-state index contributed by atoms with van der Waals surface area (Å²) in [7, 11) is 1.09. The van der Waals surface area contributed by atoms with Gasteiger partial charge in [-0.1, -0.05) is 6.08 Å². The molecule has 0 saturated carbocycles. The molecule has 1 aliphatic heterocycles. The van der Waals surface area contributed by atoms with Crippen LogP contribution in [0.1, 0.15) is 20.7 Å². The molecule has 0 aromatic rings. The summed E-state index contributed by atoms with van der Waals surface area (Å²) in [4.78, 5) is 0. The second kappa shape index (κ2) is 2.67. The average Bonchev–Trinajstić information content (AvgIpc) is 1.90. The molecule has 1 heterocycles. The molecule has 0 aromatic carbocycles. The molecule has 1 unspecified atom stereocenters. The third-order valence-corrected chi connectivity index (χ3v) is 3.13. The lowest BCUT2D eigenvalue weighted by Crippen LogP contribution is -2.34. The van der Waals surface area contributed by atoms with E-state index in [1.54, 1.807) is 0 Å². The Hall–Kier alpha value is -0.0831. The van der Waals surface area contributed by atoms with Gasteiger partial charge in [-0.25, -0.2) is 0 Å². The molecule has 0 aromatic heterocycles. The van der Waals surface area contributed by atoms with Crippen LogP contribution >= 0.6 is 0 Å². The zero-order valence-electron chi connectivity index (χ0n) is 7.02. The molecular weight excluding hydrogens is 128 g/mol. The van der Waals surface area contributed by atoms with Crippen molar-refractivity contribution >= 4 is 10.2 Å². The van der Waals surface area contributed by atoms with Crippen LogP contribution in [-0.4, -0.2) is 22.1 Å². The van der Waals surface area contributed by atoms with Crippen molar-refractivity contribution in [3.05, 3.63) is 12.7 Å². The predicted molar refractivity (Wildman–Crippen MR) is 43.8 cm³/mol. The maximum Gasteiger partial charge on any atom is 1.00 e. The summed E-state index contributed by atoms with van der Waals surface area (Å²) < 4.78 is 5.56. The molecular formula is C7H15OSi+. The normalized spacial score (nSPS) is 36.4. The molecule has 1 rings (SSSR count). The molecule has 0 amide bonds. The van der Waals surface area contributed by atoms with E-state index >= 15 is 0 Å². The minimum atomic E-state index is 0. The molecule has 2 heteroatoms. The van der Waals surface area contributed by atoms with Crippen molar-refractivity contribution in [1.82, 2.24) is 0 Å². The lowest BCUT2D eigenvalue weighted by Gasteiger charge is -2.30. The van der Waals surface area contributed by atoms with Crippen molar-refractivity contribution in [2.75, 3.05) is 6.61 Å². The summed E-state index contributed by atoms with van der Waals surface area (Å²) >= 11 is 0. The van der Waals surface area contributed by atoms with Gasteiger partial charge in [0.25, 0.3) is 0 Å². The first-order valence-electron chi connectivity index (χ1n) is 3.54. The molecule has 52 valence electrons. The van der Waals surface area contributed by atoms with Crippen molar-refractivity contribution in [2.45, 2.75) is 24.5 Å². The molecule has 0 spiro atoms. The Kier molecular flexibility index (Phi) is 2.08. The number of hydrogen-bond donors (Lipinski definition) is 0. The highest BCUT2D eigenvalue weighted by atomic mass is 28.1. The molecule has 0 radical (unpaired) electrons. The average molecular weight is 143 g/mol. The Labute approximate surface area is 61.0 Å². The second-order valence-electron chi connectivity index (χ2n) is 2.82. The van der Waals surface area contributed by atoms with E-state index in [2.05, 4.69) is 6.58 Å². The van der Waals surface area contributed by atoms with Crippen LogP contribution in [0.3, 0.4) is 0 Å². The van der Waals surface area contributed by atoms with Gasteiger partial charge in [0.15, 0.2) is 0 Å². The van der Waals surface area contributed by atoms with Crippen LogP contribution in [0.5, 0.6) is 0 Å². The Morgan fingerprint density at radius 1 is 1.67 bits per heavy atom. The highest BCUT2D eigenvalue weighted by Gasteiger charge is 2.22. The van der Waals surface area contributed by atoms with Gasteiger partial charge in [-0.2, -0.15) is 0 Å². The van der Waals surface area contributed by atoms with Crippen LogP contribution in [0.25, 0.3) is 0 Å². The van der Waals surface area contributed by atoms with Crippen molar-refractivity contribution in [3.8, 4) is 0 Å². The van der Waals surface area contributed by atoms with E-state index in [-0.39, 0.29) is 6.65 Å². The third kappa shape index (κ3) is 1.66. The molecule has 0 aliphatic carbocycles. The van der Waals surface area contributed by atoms with Gasteiger partial charge in [0, 0.05) is 16.8 Å². The van der Waals surface area contributed by atoms with E-state index < -0.39 is 0 Å². The number of rotatable bonds is 1. The van der Waals surface area contributed by atoms with Gasteiger partial charge in [0.05, 0.1) is 5.22 Å². The van der Waals surface area contributed by atoms with E-state index in [4.69, 9.17) is 4.74 Å². The Morgan fingerprint density at radius 2 is 2.44 bits per heavy atom. The summed E-state index contributed by atoms with van der Waals surface area (Å²) in [6.07, 6.45) is 5.72. The van der Waals surface area contributed by atoms with Crippen molar-refractivity contribution < 1.29 is 6.16 Å². The van der Waals surface area contributed by atoms with Crippen LogP contribution < -0.4 is 0 Å². The number of ether oxygens (including phenoxy) is 1. The smallest absolute Gasteiger partial charge is 0.376 e. The molecule has 1 fully saturated rings. The van der Waals surface area contributed by atoms with Crippen LogP contribution in [0, 0.1) is 0 Å². The monoisotopic (exact) mass is 143 g/mol. The summed E-state index contributed by atoms with van der Waals surface area (Å²) in [5, 5.41) is 0.123. The van der Waals surface area contributed by atoms with Gasteiger partial charge >= 0.3 is 1.43 Å². The lowest BCUT2D eigenvalue weighted by molar-refractivity contribution is 0.0156. The first-order chi connectivity index (χ1) is 4.27. The summed E-state index contributed by atoms with van der Waals surface area (Å²) in [5.41, 5.74) is 0. The van der Waals surface area contributed by atoms with Crippen LogP contribution in [-0.2, 0) is 4.74 Å². The fourth-order valence-electron chi connectivity index (χ4n) is 1.12. The quantitative estimate of drug-likeness (QED) is 0.385. The fraction of sp³-hybridized carbons (Fsp3) is 0.714. The standard InChI is InChI=1S/C7H14OSi/c1-2-7(9)5-3-4-6-8-7/h2H,1,3-6H2,9H3/p+1. The first kappa shape index (κ1) is 7.03. The molecule has 0 bridgehead atoms. The number of hydrogen-bond acceptors (Lipinski definition) is 1. The van der Waals surface area contributed by atoms with Crippen LogP contribution in [0.2, 0.25) is 0 Å². The second-order valence-corrected chi connectivity index (χ2v) is 4.52. The molecule has 1 atom stereocenters. The van der Waals surface area contributed by atoms with E-state index in [1.165, 1.54) is 19.3 Å². The van der Waals surface area contributed by atoms with Crippen molar-refractivity contribution in [3.63, 3.8) is 0 Å². The largest absolute Gasteiger partial charge is 1.00 e. The summed E-state index contributed by atoms with van der Waals surface area (Å²) in [6.45, 7) is 4.71. The predicted octanol–water partition coefficient (Wildman–Crippen LogP) is 0.547. The van der Waals surface area contributed by atoms with Gasteiger partial charge < -0.3 is 4.74 Å². The molecule has 0 N–H and O–H groups in total. The highest BCUT2D eigenvalue weighted by molar-refractivity contribution is 6.15. The first-order valence-corrected chi connectivity index (χ1v) is 4.54. The molecule has 1 aliphatic rings. The minimum absolute atomic E-state index is 0. The van der Waals surface area contributed by atoms with E-state index in [0.717, 1.165) is 16.8 Å². The Bertz CT molecular complexity index is 110. The van der Waals surface area contributed by atoms with Gasteiger partial charge in [-0.3, -0.25) is 0 Å². The van der Waals surface area contributed by atoms with Crippen molar-refractivity contribution in [1.29, 1.82) is 0 Å². The maximum atomic E-state index is 5.56. The lowest BCUT2D eigenvalue weighted by atomic mass is 10.1. The SMILES string of the molecule is C=CC1([SiH3])CCCCO1.[H+]. The van der Waals surface area contributed by atoms with Crippen LogP contribution in [0.15, 0.2) is 12.7 Å². The maximum absolute atomic E-state index is 5.56. The van der Waals surface area contributed by atoms with Gasteiger partial charge in [0.2, 0.25) is 0 Å².